The summed E-state index contributed by atoms with van der Waals surface area (Å²) < 4.78 is 0. The van der Waals surface area contributed by atoms with Crippen molar-refractivity contribution in [1.82, 2.24) is 10.3 Å². The Morgan fingerprint density at radius 2 is 2.33 bits per heavy atom. The molecule has 0 amide bonds. The second kappa shape index (κ2) is 5.58. The summed E-state index contributed by atoms with van der Waals surface area (Å²) in [5, 5.41) is 6.64. The van der Waals surface area contributed by atoms with E-state index in [-0.39, 0.29) is 0 Å². The molecule has 1 saturated carbocycles. The van der Waals surface area contributed by atoms with Crippen molar-refractivity contribution in [3.63, 3.8) is 0 Å². The molecule has 4 heteroatoms. The van der Waals surface area contributed by atoms with Crippen molar-refractivity contribution < 1.29 is 0 Å². The molecule has 15 heavy (non-hydrogen) atoms. The van der Waals surface area contributed by atoms with Gasteiger partial charge >= 0.3 is 0 Å². The number of rotatable bonds is 4. The van der Waals surface area contributed by atoms with Crippen molar-refractivity contribution >= 4 is 11.3 Å². The van der Waals surface area contributed by atoms with Crippen molar-refractivity contribution in [1.29, 1.82) is 0 Å². The quantitative estimate of drug-likeness (QED) is 0.821. The molecule has 1 aromatic rings. The molecule has 2 atom stereocenters. The van der Waals surface area contributed by atoms with Crippen LogP contribution in [-0.4, -0.2) is 17.6 Å². The van der Waals surface area contributed by atoms with Crippen LogP contribution in [0.2, 0.25) is 0 Å². The molecule has 1 aromatic heterocycles. The molecule has 1 aliphatic rings. The first-order chi connectivity index (χ1) is 7.36. The second-order valence-electron chi connectivity index (χ2n) is 4.27. The van der Waals surface area contributed by atoms with Crippen LogP contribution in [0, 0.1) is 5.92 Å². The fraction of sp³-hybridized carbons (Fsp3) is 0.727. The third-order valence-corrected chi connectivity index (χ3v) is 3.91. The highest BCUT2D eigenvalue weighted by Crippen LogP contribution is 2.22. The topological polar surface area (TPSA) is 50.9 Å². The number of thiazole rings is 1. The Bertz CT molecular complexity index is 273. The zero-order chi connectivity index (χ0) is 10.5. The molecule has 0 bridgehead atoms. The number of nitrogens with two attached hydrogens (primary N) is 1. The van der Waals surface area contributed by atoms with Gasteiger partial charge in [-0.25, -0.2) is 4.98 Å². The van der Waals surface area contributed by atoms with Crippen LogP contribution in [0.1, 0.15) is 30.7 Å². The van der Waals surface area contributed by atoms with Gasteiger partial charge in [-0.3, -0.25) is 0 Å². The van der Waals surface area contributed by atoms with E-state index in [9.17, 15) is 0 Å². The first kappa shape index (κ1) is 11.0. The van der Waals surface area contributed by atoms with Gasteiger partial charge < -0.3 is 11.1 Å². The summed E-state index contributed by atoms with van der Waals surface area (Å²) in [7, 11) is 0. The van der Waals surface area contributed by atoms with Crippen molar-refractivity contribution in [2.45, 2.75) is 38.3 Å². The van der Waals surface area contributed by atoms with Crippen LogP contribution in [0.4, 0.5) is 0 Å². The largest absolute Gasteiger partial charge is 0.327 e. The van der Waals surface area contributed by atoms with Crippen LogP contribution < -0.4 is 11.1 Å². The predicted octanol–water partition coefficient (Wildman–Crippen LogP) is 1.75. The monoisotopic (exact) mass is 225 g/mol. The maximum atomic E-state index is 6.09. The highest BCUT2D eigenvalue weighted by Gasteiger charge is 2.20. The van der Waals surface area contributed by atoms with E-state index in [1.807, 2.05) is 11.6 Å². The Kier molecular flexibility index (Phi) is 4.11. The summed E-state index contributed by atoms with van der Waals surface area (Å²) in [6, 6.07) is 0.405. The molecule has 0 aromatic carbocycles. The van der Waals surface area contributed by atoms with Gasteiger partial charge in [-0.1, -0.05) is 12.8 Å². The van der Waals surface area contributed by atoms with Gasteiger partial charge in [0.1, 0.15) is 5.01 Å². The van der Waals surface area contributed by atoms with Crippen LogP contribution in [-0.2, 0) is 6.54 Å². The van der Waals surface area contributed by atoms with Gasteiger partial charge in [0.05, 0.1) is 0 Å². The molecule has 0 radical (unpaired) electrons. The van der Waals surface area contributed by atoms with Gasteiger partial charge in [0.25, 0.3) is 0 Å². The molecule has 84 valence electrons. The zero-order valence-corrected chi connectivity index (χ0v) is 9.80. The Balaban J connectivity index is 1.68. The van der Waals surface area contributed by atoms with Gasteiger partial charge in [0.2, 0.25) is 0 Å². The second-order valence-corrected chi connectivity index (χ2v) is 5.24. The van der Waals surface area contributed by atoms with Crippen molar-refractivity contribution in [2.24, 2.45) is 11.7 Å². The average molecular weight is 225 g/mol. The van der Waals surface area contributed by atoms with Gasteiger partial charge in [0.15, 0.2) is 0 Å². The highest BCUT2D eigenvalue weighted by molar-refractivity contribution is 7.09. The summed E-state index contributed by atoms with van der Waals surface area (Å²) in [4.78, 5) is 4.24. The lowest BCUT2D eigenvalue weighted by atomic mass is 9.85. The molecule has 3 nitrogen and oxygen atoms in total. The van der Waals surface area contributed by atoms with E-state index >= 15 is 0 Å². The summed E-state index contributed by atoms with van der Waals surface area (Å²) in [6.07, 6.45) is 6.99. The minimum absolute atomic E-state index is 0.405. The molecule has 1 aliphatic carbocycles. The first-order valence-electron chi connectivity index (χ1n) is 5.71. The van der Waals surface area contributed by atoms with Crippen LogP contribution in [0.15, 0.2) is 11.6 Å². The van der Waals surface area contributed by atoms with Crippen LogP contribution >= 0.6 is 11.3 Å². The lowest BCUT2D eigenvalue weighted by molar-refractivity contribution is 0.296. The SMILES string of the molecule is NC1CCCCC1CNCc1nccs1. The van der Waals surface area contributed by atoms with Crippen LogP contribution in [0.5, 0.6) is 0 Å². The molecule has 1 heterocycles. The van der Waals surface area contributed by atoms with E-state index in [0.717, 1.165) is 13.1 Å². The molecule has 1 fully saturated rings. The maximum Gasteiger partial charge on any atom is 0.106 e. The fourth-order valence-corrected chi connectivity index (χ4v) is 2.78. The molecule has 3 N–H and O–H groups in total. The average Bonchev–Trinajstić information content (AvgIpc) is 2.74. The van der Waals surface area contributed by atoms with Gasteiger partial charge in [-0.05, 0) is 25.3 Å². The first-order valence-corrected chi connectivity index (χ1v) is 6.59. The predicted molar refractivity (Wildman–Crippen MR) is 63.8 cm³/mol. The highest BCUT2D eigenvalue weighted by atomic mass is 32.1. The Morgan fingerprint density at radius 3 is 3.07 bits per heavy atom. The minimum atomic E-state index is 0.405. The maximum absolute atomic E-state index is 6.09. The van der Waals surface area contributed by atoms with Crippen LogP contribution in [0.3, 0.4) is 0 Å². The Morgan fingerprint density at radius 1 is 1.47 bits per heavy atom. The van der Waals surface area contributed by atoms with E-state index in [1.165, 1.54) is 30.7 Å². The molecule has 0 aliphatic heterocycles. The van der Waals surface area contributed by atoms with Crippen molar-refractivity contribution in [3.05, 3.63) is 16.6 Å². The zero-order valence-electron chi connectivity index (χ0n) is 8.98. The molecule has 2 rings (SSSR count). The third kappa shape index (κ3) is 3.26. The summed E-state index contributed by atoms with van der Waals surface area (Å²) in [6.45, 7) is 1.93. The minimum Gasteiger partial charge on any atom is -0.327 e. The molecule has 0 saturated heterocycles. The fourth-order valence-electron chi connectivity index (χ4n) is 2.19. The lowest BCUT2D eigenvalue weighted by Crippen LogP contribution is -2.39. The van der Waals surface area contributed by atoms with E-state index in [2.05, 4.69) is 10.3 Å². The van der Waals surface area contributed by atoms with Gasteiger partial charge in [-0.2, -0.15) is 0 Å². The number of aromatic nitrogens is 1. The van der Waals surface area contributed by atoms with Gasteiger partial charge in [0, 0.05) is 24.2 Å². The van der Waals surface area contributed by atoms with Crippen molar-refractivity contribution in [3.8, 4) is 0 Å². The number of nitrogens with zero attached hydrogens (tertiary/aromatic N) is 1. The van der Waals surface area contributed by atoms with E-state index in [0.29, 0.717) is 12.0 Å². The summed E-state index contributed by atoms with van der Waals surface area (Å²) in [5.74, 6) is 0.665. The lowest BCUT2D eigenvalue weighted by Gasteiger charge is -2.28. The van der Waals surface area contributed by atoms with Crippen molar-refractivity contribution in [2.75, 3.05) is 6.54 Å². The third-order valence-electron chi connectivity index (χ3n) is 3.13. The number of nitrogens with one attached hydrogen (secondary N) is 1. The van der Waals surface area contributed by atoms with Crippen LogP contribution in [0.25, 0.3) is 0 Å². The normalized spacial score (nSPS) is 26.7. The molecule has 2 unspecified atom stereocenters. The number of hydrogen-bond donors (Lipinski definition) is 2. The smallest absolute Gasteiger partial charge is 0.106 e. The molecular formula is C11H19N3S. The summed E-state index contributed by atoms with van der Waals surface area (Å²) in [5.41, 5.74) is 6.09. The molecule has 0 spiro atoms. The van der Waals surface area contributed by atoms with E-state index in [4.69, 9.17) is 5.73 Å². The Hall–Kier alpha value is -0.450. The van der Waals surface area contributed by atoms with Gasteiger partial charge in [-0.15, -0.1) is 11.3 Å². The number of hydrogen-bond acceptors (Lipinski definition) is 4. The Labute approximate surface area is 95.1 Å². The summed E-state index contributed by atoms with van der Waals surface area (Å²) >= 11 is 1.71. The van der Waals surface area contributed by atoms with E-state index in [1.54, 1.807) is 11.3 Å². The standard InChI is InChI=1S/C11H19N3S/c12-10-4-2-1-3-9(10)7-13-8-11-14-5-6-15-11/h5-6,9-10,13H,1-4,7-8,12H2. The molecular weight excluding hydrogens is 206 g/mol. The van der Waals surface area contributed by atoms with E-state index < -0.39 is 0 Å².